The van der Waals surface area contributed by atoms with Crippen molar-refractivity contribution in [3.8, 4) is 0 Å². The maximum absolute atomic E-state index is 12.7. The summed E-state index contributed by atoms with van der Waals surface area (Å²) < 4.78 is 7.02. The Bertz CT molecular complexity index is 661. The number of ether oxygens (including phenoxy) is 1. The van der Waals surface area contributed by atoms with E-state index in [-0.39, 0.29) is 5.91 Å². The smallest absolute Gasteiger partial charge is 0.254 e. The molecule has 2 aromatic rings. The van der Waals surface area contributed by atoms with Crippen molar-refractivity contribution in [3.63, 3.8) is 0 Å². The molecule has 0 saturated heterocycles. The predicted octanol–water partition coefficient (Wildman–Crippen LogP) is 2.16. The molecule has 1 aliphatic rings. The Balaban J connectivity index is 1.77. The number of hydrogen-bond acceptors (Lipinski definition) is 3. The molecular weight excluding hydrogens is 278 g/mol. The maximum atomic E-state index is 12.7. The van der Waals surface area contributed by atoms with Gasteiger partial charge in [0, 0.05) is 44.1 Å². The third-order valence-electron chi connectivity index (χ3n) is 4.15. The lowest BCUT2D eigenvalue weighted by Gasteiger charge is -2.20. The van der Waals surface area contributed by atoms with Crippen molar-refractivity contribution in [3.05, 3.63) is 52.8 Å². The Morgan fingerprint density at radius 1 is 1.32 bits per heavy atom. The van der Waals surface area contributed by atoms with E-state index in [0.717, 1.165) is 36.1 Å². The third-order valence-corrected chi connectivity index (χ3v) is 4.15. The average molecular weight is 299 g/mol. The molecule has 1 aliphatic heterocycles. The van der Waals surface area contributed by atoms with Gasteiger partial charge in [0.05, 0.1) is 12.8 Å². The summed E-state index contributed by atoms with van der Waals surface area (Å²) in [4.78, 5) is 14.6. The van der Waals surface area contributed by atoms with Crippen LogP contribution in [0, 0.1) is 0 Å². The fourth-order valence-electron chi connectivity index (χ4n) is 2.95. The highest BCUT2D eigenvalue weighted by Crippen LogP contribution is 2.20. The Hall–Kier alpha value is -2.14. The van der Waals surface area contributed by atoms with Gasteiger partial charge < -0.3 is 9.64 Å². The zero-order valence-corrected chi connectivity index (χ0v) is 13.1. The van der Waals surface area contributed by atoms with Gasteiger partial charge in [-0.05, 0) is 30.5 Å². The molecule has 1 aromatic carbocycles. The Morgan fingerprint density at radius 3 is 2.82 bits per heavy atom. The van der Waals surface area contributed by atoms with Gasteiger partial charge in [0.25, 0.3) is 5.91 Å². The number of fused-ring (bicyclic) bond motifs is 1. The zero-order chi connectivity index (χ0) is 15.5. The number of carbonyl (C=O) groups excluding carboxylic acids is 1. The van der Waals surface area contributed by atoms with Crippen molar-refractivity contribution >= 4 is 5.91 Å². The summed E-state index contributed by atoms with van der Waals surface area (Å²) >= 11 is 0. The van der Waals surface area contributed by atoms with Gasteiger partial charge in [0.15, 0.2) is 0 Å². The second kappa shape index (κ2) is 6.32. The third kappa shape index (κ3) is 2.90. The second-order valence-corrected chi connectivity index (χ2v) is 5.70. The largest absolute Gasteiger partial charge is 0.380 e. The number of nitrogens with zero attached hydrogens (tertiary/aromatic N) is 3. The molecule has 22 heavy (non-hydrogen) atoms. The normalized spacial score (nSPS) is 14.5. The van der Waals surface area contributed by atoms with E-state index < -0.39 is 0 Å². The van der Waals surface area contributed by atoms with Gasteiger partial charge in [-0.3, -0.25) is 9.48 Å². The van der Waals surface area contributed by atoms with Crippen LogP contribution in [0.5, 0.6) is 0 Å². The molecule has 0 radical (unpaired) electrons. The average Bonchev–Trinajstić information content (AvgIpc) is 2.75. The minimum Gasteiger partial charge on any atom is -0.380 e. The van der Waals surface area contributed by atoms with Crippen LogP contribution in [0.25, 0.3) is 0 Å². The maximum Gasteiger partial charge on any atom is 0.254 e. The number of benzene rings is 1. The summed E-state index contributed by atoms with van der Waals surface area (Å²) in [5, 5.41) is 4.30. The molecule has 0 fully saturated rings. The fourth-order valence-corrected chi connectivity index (χ4v) is 2.95. The van der Waals surface area contributed by atoms with Crippen LogP contribution in [0.4, 0.5) is 0 Å². The first-order chi connectivity index (χ1) is 10.7. The summed E-state index contributed by atoms with van der Waals surface area (Å²) in [6, 6.07) is 7.66. The molecular formula is C17H21N3O2. The van der Waals surface area contributed by atoms with Crippen molar-refractivity contribution in [2.75, 3.05) is 13.7 Å². The van der Waals surface area contributed by atoms with Gasteiger partial charge in [-0.15, -0.1) is 0 Å². The van der Waals surface area contributed by atoms with Crippen LogP contribution < -0.4 is 0 Å². The molecule has 0 unspecified atom stereocenters. The van der Waals surface area contributed by atoms with Crippen LogP contribution in [0.2, 0.25) is 0 Å². The molecule has 116 valence electrons. The van der Waals surface area contributed by atoms with E-state index in [4.69, 9.17) is 4.74 Å². The first-order valence-corrected chi connectivity index (χ1v) is 7.56. The SMILES string of the molecule is COCc1ccc(C(=O)N2CCCc3c(cnn3C)C2)cc1. The van der Waals surface area contributed by atoms with Crippen molar-refractivity contribution in [1.29, 1.82) is 0 Å². The molecule has 1 amide bonds. The van der Waals surface area contributed by atoms with Gasteiger partial charge >= 0.3 is 0 Å². The number of aryl methyl sites for hydroxylation is 1. The van der Waals surface area contributed by atoms with Crippen LogP contribution in [0.15, 0.2) is 30.5 Å². The van der Waals surface area contributed by atoms with E-state index in [0.29, 0.717) is 13.2 Å². The highest BCUT2D eigenvalue weighted by Gasteiger charge is 2.22. The summed E-state index contributed by atoms with van der Waals surface area (Å²) in [7, 11) is 3.63. The highest BCUT2D eigenvalue weighted by atomic mass is 16.5. The van der Waals surface area contributed by atoms with E-state index in [1.54, 1.807) is 7.11 Å². The van der Waals surface area contributed by atoms with E-state index in [1.807, 2.05) is 47.1 Å². The van der Waals surface area contributed by atoms with E-state index >= 15 is 0 Å². The number of hydrogen-bond donors (Lipinski definition) is 0. The Morgan fingerprint density at radius 2 is 2.09 bits per heavy atom. The van der Waals surface area contributed by atoms with Gasteiger partial charge in [-0.2, -0.15) is 5.10 Å². The van der Waals surface area contributed by atoms with Crippen LogP contribution >= 0.6 is 0 Å². The van der Waals surface area contributed by atoms with Crippen molar-refractivity contribution in [2.24, 2.45) is 7.05 Å². The molecule has 0 aliphatic carbocycles. The van der Waals surface area contributed by atoms with E-state index in [2.05, 4.69) is 5.10 Å². The lowest BCUT2D eigenvalue weighted by atomic mass is 10.1. The number of rotatable bonds is 3. The predicted molar refractivity (Wildman–Crippen MR) is 83.4 cm³/mol. The summed E-state index contributed by atoms with van der Waals surface area (Å²) in [6.45, 7) is 1.99. The van der Waals surface area contributed by atoms with E-state index in [9.17, 15) is 4.79 Å². The minimum atomic E-state index is 0.0840. The summed E-state index contributed by atoms with van der Waals surface area (Å²) in [5.74, 6) is 0.0840. The van der Waals surface area contributed by atoms with Gasteiger partial charge in [-0.25, -0.2) is 0 Å². The molecule has 0 N–H and O–H groups in total. The number of methoxy groups -OCH3 is 1. The first-order valence-electron chi connectivity index (χ1n) is 7.56. The Kier molecular flexibility index (Phi) is 4.24. The Labute approximate surface area is 130 Å². The molecule has 3 rings (SSSR count). The molecule has 1 aromatic heterocycles. The quantitative estimate of drug-likeness (QED) is 0.872. The van der Waals surface area contributed by atoms with Crippen molar-refractivity contribution in [1.82, 2.24) is 14.7 Å². The van der Waals surface area contributed by atoms with E-state index in [1.165, 1.54) is 5.69 Å². The highest BCUT2D eigenvalue weighted by molar-refractivity contribution is 5.94. The monoisotopic (exact) mass is 299 g/mol. The number of aromatic nitrogens is 2. The second-order valence-electron chi connectivity index (χ2n) is 5.70. The van der Waals surface area contributed by atoms with Crippen molar-refractivity contribution < 1.29 is 9.53 Å². The lowest BCUT2D eigenvalue weighted by molar-refractivity contribution is 0.0745. The van der Waals surface area contributed by atoms with Gasteiger partial charge in [0.1, 0.15) is 0 Å². The summed E-state index contributed by atoms with van der Waals surface area (Å²) in [6.07, 6.45) is 3.82. The zero-order valence-electron chi connectivity index (χ0n) is 13.1. The molecule has 2 heterocycles. The molecule has 0 spiro atoms. The number of carbonyl (C=O) groups is 1. The lowest BCUT2D eigenvalue weighted by Crippen LogP contribution is -2.30. The van der Waals surface area contributed by atoms with Crippen molar-refractivity contribution in [2.45, 2.75) is 26.0 Å². The van der Waals surface area contributed by atoms with Gasteiger partial charge in [-0.1, -0.05) is 12.1 Å². The molecule has 5 nitrogen and oxygen atoms in total. The fraction of sp³-hybridized carbons (Fsp3) is 0.412. The molecule has 0 bridgehead atoms. The standard InChI is InChI=1S/C17H21N3O2/c1-19-16-4-3-9-20(11-15(16)10-18-19)17(21)14-7-5-13(6-8-14)12-22-2/h5-8,10H,3-4,9,11-12H2,1-2H3. The first kappa shape index (κ1) is 14.8. The van der Waals surface area contributed by atoms with Crippen LogP contribution in [0.1, 0.15) is 33.6 Å². The van der Waals surface area contributed by atoms with Crippen LogP contribution in [0.3, 0.4) is 0 Å². The molecule has 5 heteroatoms. The minimum absolute atomic E-state index is 0.0840. The topological polar surface area (TPSA) is 47.4 Å². The summed E-state index contributed by atoms with van der Waals surface area (Å²) in [5.41, 5.74) is 4.20. The van der Waals surface area contributed by atoms with Crippen LogP contribution in [-0.4, -0.2) is 34.2 Å². The molecule has 0 atom stereocenters. The molecule has 0 saturated carbocycles. The number of amides is 1. The van der Waals surface area contributed by atoms with Gasteiger partial charge in [0.2, 0.25) is 0 Å². The van der Waals surface area contributed by atoms with Crippen LogP contribution in [-0.2, 0) is 31.4 Å².